The van der Waals surface area contributed by atoms with Gasteiger partial charge in [-0.05, 0) is 42.5 Å². The first-order valence-corrected chi connectivity index (χ1v) is 11.5. The SMILES string of the molecule is COc1ccc(F)cc1S(=O)(=O)N(C)CC(=O)Nc1ccccc1Sc1ccccc1. The molecular formula is C22H21FN2O4S2. The van der Waals surface area contributed by atoms with Crippen LogP contribution in [0.3, 0.4) is 0 Å². The molecule has 0 heterocycles. The molecule has 3 rings (SSSR count). The predicted octanol–water partition coefficient (Wildman–Crippen LogP) is 4.24. The highest BCUT2D eigenvalue weighted by molar-refractivity contribution is 7.99. The molecule has 6 nitrogen and oxygen atoms in total. The lowest BCUT2D eigenvalue weighted by molar-refractivity contribution is -0.116. The van der Waals surface area contributed by atoms with Crippen LogP contribution in [0.4, 0.5) is 10.1 Å². The summed E-state index contributed by atoms with van der Waals surface area (Å²) in [6.45, 7) is -0.452. The van der Waals surface area contributed by atoms with E-state index in [-0.39, 0.29) is 10.6 Å². The van der Waals surface area contributed by atoms with Gasteiger partial charge in [-0.1, -0.05) is 42.1 Å². The number of nitrogens with one attached hydrogen (secondary N) is 1. The molecule has 3 aromatic rings. The number of rotatable bonds is 8. The van der Waals surface area contributed by atoms with Crippen molar-refractivity contribution in [1.82, 2.24) is 4.31 Å². The number of nitrogens with zero attached hydrogens (tertiary/aromatic N) is 1. The number of likely N-dealkylation sites (N-methyl/N-ethyl adjacent to an activating group) is 1. The van der Waals surface area contributed by atoms with Crippen molar-refractivity contribution < 1.29 is 22.3 Å². The van der Waals surface area contributed by atoms with E-state index in [1.807, 2.05) is 42.5 Å². The minimum Gasteiger partial charge on any atom is -0.495 e. The van der Waals surface area contributed by atoms with E-state index >= 15 is 0 Å². The number of benzene rings is 3. The Kier molecular flexibility index (Phi) is 7.32. The smallest absolute Gasteiger partial charge is 0.247 e. The van der Waals surface area contributed by atoms with Gasteiger partial charge in [-0.3, -0.25) is 4.79 Å². The van der Waals surface area contributed by atoms with Gasteiger partial charge < -0.3 is 10.1 Å². The van der Waals surface area contributed by atoms with Gasteiger partial charge >= 0.3 is 0 Å². The summed E-state index contributed by atoms with van der Waals surface area (Å²) in [4.78, 5) is 14.1. The minimum absolute atomic E-state index is 0.00161. The first kappa shape index (κ1) is 22.8. The number of methoxy groups -OCH3 is 1. The quantitative estimate of drug-likeness (QED) is 0.544. The molecule has 31 heavy (non-hydrogen) atoms. The lowest BCUT2D eigenvalue weighted by Crippen LogP contribution is -2.35. The highest BCUT2D eigenvalue weighted by Crippen LogP contribution is 2.33. The van der Waals surface area contributed by atoms with Crippen LogP contribution in [0.5, 0.6) is 5.75 Å². The third-order valence-electron chi connectivity index (χ3n) is 4.31. The number of ether oxygens (including phenoxy) is 1. The van der Waals surface area contributed by atoms with E-state index in [4.69, 9.17) is 4.74 Å². The minimum atomic E-state index is -4.15. The molecule has 0 radical (unpaired) electrons. The summed E-state index contributed by atoms with van der Waals surface area (Å²) < 4.78 is 45.2. The molecule has 3 aromatic carbocycles. The Hall–Kier alpha value is -2.88. The molecule has 0 bridgehead atoms. The van der Waals surface area contributed by atoms with E-state index in [2.05, 4.69) is 5.32 Å². The highest BCUT2D eigenvalue weighted by atomic mass is 32.2. The Morgan fingerprint density at radius 2 is 1.74 bits per heavy atom. The van der Waals surface area contributed by atoms with E-state index < -0.39 is 28.3 Å². The summed E-state index contributed by atoms with van der Waals surface area (Å²) >= 11 is 1.48. The maximum Gasteiger partial charge on any atom is 0.247 e. The lowest BCUT2D eigenvalue weighted by atomic mass is 10.3. The zero-order valence-electron chi connectivity index (χ0n) is 16.9. The van der Waals surface area contributed by atoms with Crippen molar-refractivity contribution in [2.75, 3.05) is 26.0 Å². The molecule has 1 amide bonds. The number of anilines is 1. The van der Waals surface area contributed by atoms with E-state index in [1.54, 1.807) is 12.1 Å². The van der Waals surface area contributed by atoms with Crippen molar-refractivity contribution in [3.8, 4) is 5.75 Å². The maximum atomic E-state index is 13.6. The second-order valence-corrected chi connectivity index (χ2v) is 9.64. The Bertz CT molecular complexity index is 1170. The van der Waals surface area contributed by atoms with Gasteiger partial charge in [0.25, 0.3) is 0 Å². The van der Waals surface area contributed by atoms with Crippen molar-refractivity contribution in [2.24, 2.45) is 0 Å². The molecule has 1 N–H and O–H groups in total. The molecule has 0 saturated carbocycles. The van der Waals surface area contributed by atoms with Crippen LogP contribution in [0.2, 0.25) is 0 Å². The van der Waals surface area contributed by atoms with Gasteiger partial charge in [-0.15, -0.1) is 0 Å². The van der Waals surface area contributed by atoms with Crippen LogP contribution in [0.25, 0.3) is 0 Å². The number of amides is 1. The van der Waals surface area contributed by atoms with Crippen LogP contribution in [-0.4, -0.2) is 39.3 Å². The molecule has 0 aliphatic rings. The van der Waals surface area contributed by atoms with Crippen LogP contribution in [-0.2, 0) is 14.8 Å². The van der Waals surface area contributed by atoms with Crippen LogP contribution in [0, 0.1) is 5.82 Å². The van der Waals surface area contributed by atoms with Gasteiger partial charge in [-0.2, -0.15) is 4.31 Å². The van der Waals surface area contributed by atoms with E-state index in [9.17, 15) is 17.6 Å². The molecule has 0 unspecified atom stereocenters. The Labute approximate surface area is 185 Å². The van der Waals surface area contributed by atoms with E-state index in [0.717, 1.165) is 26.2 Å². The fraction of sp³-hybridized carbons (Fsp3) is 0.136. The number of halogens is 1. The summed E-state index contributed by atoms with van der Waals surface area (Å²) in [5, 5.41) is 2.75. The van der Waals surface area contributed by atoms with E-state index in [1.165, 1.54) is 32.0 Å². The molecule has 0 aliphatic carbocycles. The van der Waals surface area contributed by atoms with Crippen molar-refractivity contribution in [3.05, 3.63) is 78.6 Å². The Balaban J connectivity index is 1.75. The molecule has 0 aliphatic heterocycles. The van der Waals surface area contributed by atoms with Crippen molar-refractivity contribution in [3.63, 3.8) is 0 Å². The number of carbonyl (C=O) groups excluding carboxylic acids is 1. The zero-order chi connectivity index (χ0) is 22.4. The van der Waals surface area contributed by atoms with Gasteiger partial charge in [-0.25, -0.2) is 12.8 Å². The Morgan fingerprint density at radius 1 is 1.06 bits per heavy atom. The van der Waals surface area contributed by atoms with Crippen LogP contribution >= 0.6 is 11.8 Å². The molecule has 0 saturated heterocycles. The number of para-hydroxylation sites is 1. The second kappa shape index (κ2) is 9.95. The average molecular weight is 461 g/mol. The van der Waals surface area contributed by atoms with Crippen LogP contribution in [0.15, 0.2) is 87.5 Å². The van der Waals surface area contributed by atoms with Gasteiger partial charge in [0.15, 0.2) is 0 Å². The summed E-state index contributed by atoms with van der Waals surface area (Å²) in [5.41, 5.74) is 0.565. The first-order chi connectivity index (χ1) is 14.8. The fourth-order valence-corrected chi connectivity index (χ4v) is 4.98. The van der Waals surface area contributed by atoms with Crippen LogP contribution < -0.4 is 10.1 Å². The summed E-state index contributed by atoms with van der Waals surface area (Å²) in [6.07, 6.45) is 0. The molecular weight excluding hydrogens is 439 g/mol. The average Bonchev–Trinajstić information content (AvgIpc) is 2.75. The molecule has 162 valence electrons. The largest absolute Gasteiger partial charge is 0.495 e. The zero-order valence-corrected chi connectivity index (χ0v) is 18.5. The monoisotopic (exact) mass is 460 g/mol. The van der Waals surface area contributed by atoms with Gasteiger partial charge in [0.1, 0.15) is 16.5 Å². The van der Waals surface area contributed by atoms with Crippen molar-refractivity contribution >= 4 is 33.4 Å². The summed E-state index contributed by atoms with van der Waals surface area (Å²) in [7, 11) is -1.60. The van der Waals surface area contributed by atoms with Gasteiger partial charge in [0.05, 0.1) is 19.3 Å². The standard InChI is InChI=1S/C22H21FN2O4S2/c1-25(31(27,28)21-14-16(23)12-13-19(21)29-2)15-22(26)24-18-10-6-7-11-20(18)30-17-8-4-3-5-9-17/h3-14H,15H2,1-2H3,(H,24,26). The number of hydrogen-bond acceptors (Lipinski definition) is 5. The molecule has 0 atom stereocenters. The number of sulfonamides is 1. The van der Waals surface area contributed by atoms with Crippen molar-refractivity contribution in [2.45, 2.75) is 14.7 Å². The van der Waals surface area contributed by atoms with Crippen molar-refractivity contribution in [1.29, 1.82) is 0 Å². The van der Waals surface area contributed by atoms with E-state index in [0.29, 0.717) is 5.69 Å². The normalized spacial score (nSPS) is 11.4. The van der Waals surface area contributed by atoms with Gasteiger partial charge in [0, 0.05) is 16.8 Å². The number of hydrogen-bond donors (Lipinski definition) is 1. The third kappa shape index (κ3) is 5.63. The molecule has 9 heteroatoms. The fourth-order valence-electron chi connectivity index (χ4n) is 2.77. The number of carbonyl (C=O) groups is 1. The summed E-state index contributed by atoms with van der Waals surface area (Å²) in [5.74, 6) is -1.25. The Morgan fingerprint density at radius 3 is 2.45 bits per heavy atom. The maximum absolute atomic E-state index is 13.6. The second-order valence-electron chi connectivity index (χ2n) is 6.52. The third-order valence-corrected chi connectivity index (χ3v) is 7.22. The van der Waals surface area contributed by atoms with Gasteiger partial charge in [0.2, 0.25) is 15.9 Å². The summed E-state index contributed by atoms with van der Waals surface area (Å²) in [6, 6.07) is 20.1. The first-order valence-electron chi connectivity index (χ1n) is 9.23. The topological polar surface area (TPSA) is 75.7 Å². The molecule has 0 fully saturated rings. The molecule has 0 spiro atoms. The predicted molar refractivity (Wildman–Crippen MR) is 118 cm³/mol. The lowest BCUT2D eigenvalue weighted by Gasteiger charge is -2.19. The van der Waals surface area contributed by atoms with Crippen LogP contribution in [0.1, 0.15) is 0 Å². The highest BCUT2D eigenvalue weighted by Gasteiger charge is 2.27. The molecule has 0 aromatic heterocycles.